The van der Waals surface area contributed by atoms with Gasteiger partial charge < -0.3 is 4.42 Å². The predicted molar refractivity (Wildman–Crippen MR) is 101 cm³/mol. The molecule has 0 atom stereocenters. The number of carbonyl (C=O) groups is 1. The fraction of sp³-hybridized carbons (Fsp3) is 0.211. The summed E-state index contributed by atoms with van der Waals surface area (Å²) in [6.07, 6.45) is 3.08. The number of carbonyl (C=O) groups excluding carboxylic acids is 1. The summed E-state index contributed by atoms with van der Waals surface area (Å²) in [4.78, 5) is 12.1. The SMILES string of the molecule is Cc1nn(Cc2ccccc2Cl)c(C)c1/C=N/NC(=O)c1ccoc1C. The average molecular weight is 371 g/mol. The first-order valence-corrected chi connectivity index (χ1v) is 8.50. The van der Waals surface area contributed by atoms with Crippen LogP contribution in [0.15, 0.2) is 46.1 Å². The van der Waals surface area contributed by atoms with Crippen LogP contribution >= 0.6 is 11.6 Å². The maximum atomic E-state index is 12.1. The van der Waals surface area contributed by atoms with Gasteiger partial charge in [0, 0.05) is 16.3 Å². The van der Waals surface area contributed by atoms with Crippen molar-refractivity contribution in [3.63, 3.8) is 0 Å². The Bertz CT molecular complexity index is 972. The second-order valence-corrected chi connectivity index (χ2v) is 6.33. The molecule has 2 heterocycles. The first kappa shape index (κ1) is 17.9. The lowest BCUT2D eigenvalue weighted by Gasteiger charge is -2.06. The third-order valence-electron chi connectivity index (χ3n) is 4.18. The zero-order valence-electron chi connectivity index (χ0n) is 14.8. The lowest BCUT2D eigenvalue weighted by molar-refractivity contribution is 0.0953. The Morgan fingerprint density at radius 2 is 2.08 bits per heavy atom. The second-order valence-electron chi connectivity index (χ2n) is 5.92. The summed E-state index contributed by atoms with van der Waals surface area (Å²) in [7, 11) is 0. The number of hydrazone groups is 1. The lowest BCUT2D eigenvalue weighted by Crippen LogP contribution is -2.17. The van der Waals surface area contributed by atoms with E-state index < -0.39 is 0 Å². The smallest absolute Gasteiger partial charge is 0.274 e. The number of aryl methyl sites for hydroxylation is 2. The van der Waals surface area contributed by atoms with Crippen LogP contribution in [0.4, 0.5) is 0 Å². The van der Waals surface area contributed by atoms with Gasteiger partial charge in [0.05, 0.1) is 30.3 Å². The van der Waals surface area contributed by atoms with E-state index >= 15 is 0 Å². The van der Waals surface area contributed by atoms with Crippen LogP contribution in [0, 0.1) is 20.8 Å². The average Bonchev–Trinajstić information content (AvgIpc) is 3.15. The molecule has 0 saturated carbocycles. The number of halogens is 1. The van der Waals surface area contributed by atoms with Crippen LogP contribution in [-0.4, -0.2) is 21.9 Å². The molecule has 1 aromatic carbocycles. The standard InChI is InChI=1S/C19H19ClN4O2/c1-12-17(10-21-22-19(25)16-8-9-26-14(16)3)13(2)24(23-12)11-15-6-4-5-7-18(15)20/h4-10H,11H2,1-3H3,(H,22,25)/b21-10+. The molecule has 0 saturated heterocycles. The Morgan fingerprint density at radius 3 is 2.77 bits per heavy atom. The molecule has 0 bridgehead atoms. The number of furan rings is 1. The molecule has 0 aliphatic heterocycles. The Labute approximate surface area is 156 Å². The number of nitrogens with one attached hydrogen (secondary N) is 1. The molecule has 3 rings (SSSR count). The van der Waals surface area contributed by atoms with Crippen molar-refractivity contribution >= 4 is 23.7 Å². The van der Waals surface area contributed by atoms with Crippen molar-refractivity contribution in [3.8, 4) is 0 Å². The highest BCUT2D eigenvalue weighted by Gasteiger charge is 2.13. The summed E-state index contributed by atoms with van der Waals surface area (Å²) in [5.74, 6) is 0.240. The summed E-state index contributed by atoms with van der Waals surface area (Å²) in [6, 6.07) is 9.29. The van der Waals surface area contributed by atoms with Crippen molar-refractivity contribution in [2.45, 2.75) is 27.3 Å². The fourth-order valence-corrected chi connectivity index (χ4v) is 2.87. The van der Waals surface area contributed by atoms with Crippen molar-refractivity contribution in [2.75, 3.05) is 0 Å². The zero-order valence-corrected chi connectivity index (χ0v) is 15.5. The van der Waals surface area contributed by atoms with Gasteiger partial charge in [0.25, 0.3) is 5.91 Å². The number of nitrogens with zero attached hydrogens (tertiary/aromatic N) is 3. The maximum absolute atomic E-state index is 12.1. The molecular formula is C19H19ClN4O2. The van der Waals surface area contributed by atoms with Gasteiger partial charge >= 0.3 is 0 Å². The van der Waals surface area contributed by atoms with E-state index in [0.717, 1.165) is 22.5 Å². The summed E-state index contributed by atoms with van der Waals surface area (Å²) in [5.41, 5.74) is 6.60. The van der Waals surface area contributed by atoms with E-state index in [0.29, 0.717) is 22.9 Å². The molecular weight excluding hydrogens is 352 g/mol. The molecule has 0 fully saturated rings. The molecule has 3 aromatic rings. The molecule has 0 aliphatic carbocycles. The van der Waals surface area contributed by atoms with Crippen LogP contribution in [0.1, 0.15) is 38.6 Å². The normalized spacial score (nSPS) is 11.2. The molecule has 0 unspecified atom stereocenters. The number of rotatable bonds is 5. The Balaban J connectivity index is 1.75. The van der Waals surface area contributed by atoms with Crippen molar-refractivity contribution in [2.24, 2.45) is 5.10 Å². The monoisotopic (exact) mass is 370 g/mol. The van der Waals surface area contributed by atoms with Crippen LogP contribution in [0.5, 0.6) is 0 Å². The number of hydrogen-bond acceptors (Lipinski definition) is 4. The van der Waals surface area contributed by atoms with Crippen LogP contribution in [0.3, 0.4) is 0 Å². The molecule has 26 heavy (non-hydrogen) atoms. The molecule has 0 spiro atoms. The highest BCUT2D eigenvalue weighted by atomic mass is 35.5. The minimum Gasteiger partial charge on any atom is -0.469 e. The number of aromatic nitrogens is 2. The molecule has 1 N–H and O–H groups in total. The van der Waals surface area contributed by atoms with E-state index in [1.807, 2.05) is 42.8 Å². The highest BCUT2D eigenvalue weighted by Crippen LogP contribution is 2.18. The van der Waals surface area contributed by atoms with Gasteiger partial charge in [-0.25, -0.2) is 5.43 Å². The first-order valence-electron chi connectivity index (χ1n) is 8.12. The van der Waals surface area contributed by atoms with Crippen LogP contribution in [0.2, 0.25) is 5.02 Å². The maximum Gasteiger partial charge on any atom is 0.274 e. The van der Waals surface area contributed by atoms with Gasteiger partial charge in [0.2, 0.25) is 0 Å². The minimum atomic E-state index is -0.314. The van der Waals surface area contributed by atoms with Gasteiger partial charge in [-0.2, -0.15) is 10.2 Å². The van der Waals surface area contributed by atoms with Crippen molar-refractivity contribution in [1.29, 1.82) is 0 Å². The van der Waals surface area contributed by atoms with Crippen molar-refractivity contribution in [3.05, 3.63) is 75.5 Å². The van der Waals surface area contributed by atoms with Crippen molar-refractivity contribution < 1.29 is 9.21 Å². The third kappa shape index (κ3) is 3.70. The van der Waals surface area contributed by atoms with Gasteiger partial charge in [0.15, 0.2) is 0 Å². The van der Waals surface area contributed by atoms with E-state index in [4.69, 9.17) is 16.0 Å². The highest BCUT2D eigenvalue weighted by molar-refractivity contribution is 6.31. The second kappa shape index (κ2) is 7.58. The predicted octanol–water partition coefficient (Wildman–Crippen LogP) is 3.87. The van der Waals surface area contributed by atoms with E-state index in [1.165, 1.54) is 6.26 Å². The van der Waals surface area contributed by atoms with Crippen LogP contribution < -0.4 is 5.43 Å². The molecule has 134 valence electrons. The Morgan fingerprint density at radius 1 is 1.31 bits per heavy atom. The van der Waals surface area contributed by atoms with E-state index in [1.54, 1.807) is 19.2 Å². The molecule has 6 nitrogen and oxygen atoms in total. The van der Waals surface area contributed by atoms with Crippen LogP contribution in [-0.2, 0) is 6.54 Å². The summed E-state index contributed by atoms with van der Waals surface area (Å²) >= 11 is 6.23. The number of hydrogen-bond donors (Lipinski definition) is 1. The quantitative estimate of drug-likeness (QED) is 0.547. The Hall–Kier alpha value is -2.86. The van der Waals surface area contributed by atoms with E-state index in [9.17, 15) is 4.79 Å². The minimum absolute atomic E-state index is 0.314. The lowest BCUT2D eigenvalue weighted by atomic mass is 10.2. The largest absolute Gasteiger partial charge is 0.469 e. The summed E-state index contributed by atoms with van der Waals surface area (Å²) < 4.78 is 7.00. The van der Waals surface area contributed by atoms with E-state index in [-0.39, 0.29) is 5.91 Å². The van der Waals surface area contributed by atoms with Crippen molar-refractivity contribution in [1.82, 2.24) is 15.2 Å². The van der Waals surface area contributed by atoms with Gasteiger partial charge in [0.1, 0.15) is 5.76 Å². The van der Waals surface area contributed by atoms with Gasteiger partial charge in [-0.3, -0.25) is 9.48 Å². The molecule has 0 aliphatic rings. The first-order chi connectivity index (χ1) is 12.5. The van der Waals surface area contributed by atoms with Crippen LogP contribution in [0.25, 0.3) is 0 Å². The molecule has 0 radical (unpaired) electrons. The third-order valence-corrected chi connectivity index (χ3v) is 4.55. The summed E-state index contributed by atoms with van der Waals surface area (Å²) in [6.45, 7) is 6.16. The number of benzene rings is 1. The zero-order chi connectivity index (χ0) is 18.7. The topological polar surface area (TPSA) is 72.4 Å². The molecule has 7 heteroatoms. The van der Waals surface area contributed by atoms with Gasteiger partial charge in [-0.15, -0.1) is 0 Å². The summed E-state index contributed by atoms with van der Waals surface area (Å²) in [5, 5.41) is 9.31. The molecule has 1 amide bonds. The molecule has 2 aromatic heterocycles. The van der Waals surface area contributed by atoms with E-state index in [2.05, 4.69) is 15.6 Å². The fourth-order valence-electron chi connectivity index (χ4n) is 2.68. The van der Waals surface area contributed by atoms with Gasteiger partial charge in [-0.1, -0.05) is 29.8 Å². The Kier molecular flexibility index (Phi) is 5.23. The number of amides is 1. The van der Waals surface area contributed by atoms with Gasteiger partial charge in [-0.05, 0) is 38.5 Å².